The fraction of sp³-hybridized carbons (Fsp3) is 0.250. The quantitative estimate of drug-likeness (QED) is 0.480. The van der Waals surface area contributed by atoms with Crippen molar-refractivity contribution in [2.45, 2.75) is 32.4 Å². The zero-order chi connectivity index (χ0) is 19.5. The number of benzene rings is 3. The summed E-state index contributed by atoms with van der Waals surface area (Å²) in [6.07, 6.45) is 3.98. The SMILES string of the molecule is Cc1cc(C)cc(CSCC(=O)N/N=C\c2ccc3c4c(cccc24)CC3)c1. The summed E-state index contributed by atoms with van der Waals surface area (Å²) in [4.78, 5) is 12.1. The number of aryl methyl sites for hydroxylation is 4. The zero-order valence-electron chi connectivity index (χ0n) is 16.3. The summed E-state index contributed by atoms with van der Waals surface area (Å²) in [6, 6.07) is 17.2. The summed E-state index contributed by atoms with van der Waals surface area (Å²) in [6.45, 7) is 4.20. The number of hydrogen-bond donors (Lipinski definition) is 1. The summed E-state index contributed by atoms with van der Waals surface area (Å²) >= 11 is 1.61. The van der Waals surface area contributed by atoms with Crippen LogP contribution in [0.4, 0.5) is 0 Å². The van der Waals surface area contributed by atoms with E-state index in [0.29, 0.717) is 5.75 Å². The normalized spacial score (nSPS) is 12.8. The Morgan fingerprint density at radius 1 is 1.07 bits per heavy atom. The van der Waals surface area contributed by atoms with E-state index in [4.69, 9.17) is 0 Å². The van der Waals surface area contributed by atoms with Crippen LogP contribution < -0.4 is 5.43 Å². The topological polar surface area (TPSA) is 41.5 Å². The number of amides is 1. The number of rotatable bonds is 6. The van der Waals surface area contributed by atoms with Gasteiger partial charge in [0, 0.05) is 11.3 Å². The van der Waals surface area contributed by atoms with Gasteiger partial charge >= 0.3 is 0 Å². The van der Waals surface area contributed by atoms with E-state index in [2.05, 4.69) is 72.9 Å². The van der Waals surface area contributed by atoms with Crippen LogP contribution in [-0.2, 0) is 23.4 Å². The Balaban J connectivity index is 1.34. The Labute approximate surface area is 170 Å². The van der Waals surface area contributed by atoms with Crippen LogP contribution in [0.2, 0.25) is 0 Å². The number of hydrogen-bond acceptors (Lipinski definition) is 3. The molecule has 3 nitrogen and oxygen atoms in total. The molecule has 0 fully saturated rings. The van der Waals surface area contributed by atoms with Gasteiger partial charge < -0.3 is 0 Å². The lowest BCUT2D eigenvalue weighted by Crippen LogP contribution is -2.19. The molecule has 1 N–H and O–H groups in total. The van der Waals surface area contributed by atoms with Gasteiger partial charge in [0.1, 0.15) is 0 Å². The van der Waals surface area contributed by atoms with Crippen molar-refractivity contribution in [1.29, 1.82) is 0 Å². The molecule has 1 amide bonds. The molecule has 3 aromatic rings. The highest BCUT2D eigenvalue weighted by atomic mass is 32.2. The maximum Gasteiger partial charge on any atom is 0.250 e. The van der Waals surface area contributed by atoms with Crippen molar-refractivity contribution in [3.8, 4) is 0 Å². The van der Waals surface area contributed by atoms with Crippen molar-refractivity contribution in [2.75, 3.05) is 5.75 Å². The minimum absolute atomic E-state index is 0.0726. The second kappa shape index (κ2) is 8.19. The molecule has 1 aliphatic carbocycles. The van der Waals surface area contributed by atoms with E-state index in [9.17, 15) is 4.79 Å². The Bertz CT molecular complexity index is 1040. The summed E-state index contributed by atoms with van der Waals surface area (Å²) < 4.78 is 0. The van der Waals surface area contributed by atoms with Crippen LogP contribution in [0.25, 0.3) is 10.8 Å². The number of nitrogens with one attached hydrogen (secondary N) is 1. The monoisotopic (exact) mass is 388 g/mol. The first kappa shape index (κ1) is 18.8. The van der Waals surface area contributed by atoms with Crippen LogP contribution >= 0.6 is 11.8 Å². The van der Waals surface area contributed by atoms with Crippen LogP contribution in [0.15, 0.2) is 53.6 Å². The molecule has 0 saturated heterocycles. The van der Waals surface area contributed by atoms with Gasteiger partial charge in [-0.2, -0.15) is 5.10 Å². The molecule has 4 heteroatoms. The van der Waals surface area contributed by atoms with Gasteiger partial charge in [-0.25, -0.2) is 5.43 Å². The molecular formula is C24H24N2OS. The van der Waals surface area contributed by atoms with Crippen LogP contribution in [0, 0.1) is 13.8 Å². The first-order chi connectivity index (χ1) is 13.6. The molecule has 4 rings (SSSR count). The summed E-state index contributed by atoms with van der Waals surface area (Å²) in [5, 5.41) is 6.77. The number of thioether (sulfide) groups is 1. The van der Waals surface area contributed by atoms with Crippen LogP contribution in [-0.4, -0.2) is 17.9 Å². The highest BCUT2D eigenvalue weighted by Gasteiger charge is 2.14. The van der Waals surface area contributed by atoms with Gasteiger partial charge in [0.25, 0.3) is 0 Å². The standard InChI is InChI=1S/C24H24N2OS/c1-16-10-17(2)12-18(11-16)14-28-15-23(27)26-25-13-21-9-8-20-7-6-19-4-3-5-22(21)24(19)20/h3-5,8-13H,6-7,14-15H2,1-2H3,(H,26,27)/b25-13-. The first-order valence-corrected chi connectivity index (χ1v) is 10.8. The predicted octanol–water partition coefficient (Wildman–Crippen LogP) is 4.94. The third kappa shape index (κ3) is 4.12. The Kier molecular flexibility index (Phi) is 5.49. The molecule has 0 aromatic heterocycles. The van der Waals surface area contributed by atoms with E-state index in [0.717, 1.165) is 24.2 Å². The number of carbonyl (C=O) groups is 1. The Morgan fingerprint density at radius 3 is 2.61 bits per heavy atom. The molecule has 0 spiro atoms. The van der Waals surface area contributed by atoms with Gasteiger partial charge in [0.15, 0.2) is 0 Å². The van der Waals surface area contributed by atoms with Crippen molar-refractivity contribution >= 4 is 34.7 Å². The molecule has 0 atom stereocenters. The molecular weight excluding hydrogens is 364 g/mol. The summed E-state index contributed by atoms with van der Waals surface area (Å²) in [7, 11) is 0. The fourth-order valence-corrected chi connectivity index (χ4v) is 4.76. The Hall–Kier alpha value is -2.59. The van der Waals surface area contributed by atoms with Crippen molar-refractivity contribution in [3.63, 3.8) is 0 Å². The average molecular weight is 389 g/mol. The lowest BCUT2D eigenvalue weighted by atomic mass is 10.0. The van der Waals surface area contributed by atoms with E-state index in [1.807, 2.05) is 0 Å². The summed E-state index contributed by atoms with van der Waals surface area (Å²) in [5.41, 5.74) is 10.3. The average Bonchev–Trinajstić information content (AvgIpc) is 3.08. The maximum absolute atomic E-state index is 12.1. The van der Waals surface area contributed by atoms with E-state index in [-0.39, 0.29) is 5.91 Å². The fourth-order valence-electron chi connectivity index (χ4n) is 4.00. The van der Waals surface area contributed by atoms with Crippen LogP contribution in [0.3, 0.4) is 0 Å². The largest absolute Gasteiger partial charge is 0.272 e. The minimum Gasteiger partial charge on any atom is -0.272 e. The lowest BCUT2D eigenvalue weighted by molar-refractivity contribution is -0.118. The van der Waals surface area contributed by atoms with Crippen molar-refractivity contribution < 1.29 is 4.79 Å². The molecule has 0 heterocycles. The van der Waals surface area contributed by atoms with Crippen molar-refractivity contribution in [2.24, 2.45) is 5.10 Å². The number of hydrazone groups is 1. The van der Waals surface area contributed by atoms with Crippen molar-refractivity contribution in [1.82, 2.24) is 5.43 Å². The van der Waals surface area contributed by atoms with Crippen molar-refractivity contribution in [3.05, 3.63) is 81.9 Å². The van der Waals surface area contributed by atoms with Gasteiger partial charge in [0.05, 0.1) is 12.0 Å². The smallest absolute Gasteiger partial charge is 0.250 e. The minimum atomic E-state index is -0.0726. The molecule has 142 valence electrons. The second-order valence-electron chi connectivity index (χ2n) is 7.44. The van der Waals surface area contributed by atoms with Gasteiger partial charge in [-0.3, -0.25) is 4.79 Å². The zero-order valence-corrected chi connectivity index (χ0v) is 17.1. The summed E-state index contributed by atoms with van der Waals surface area (Å²) in [5.74, 6) is 1.15. The molecule has 0 saturated carbocycles. The molecule has 3 aromatic carbocycles. The van der Waals surface area contributed by atoms with E-state index in [1.54, 1.807) is 18.0 Å². The highest BCUT2D eigenvalue weighted by molar-refractivity contribution is 7.99. The second-order valence-corrected chi connectivity index (χ2v) is 8.42. The molecule has 1 aliphatic rings. The van der Waals surface area contributed by atoms with Crippen LogP contribution in [0.1, 0.15) is 33.4 Å². The number of carbonyl (C=O) groups excluding carboxylic acids is 1. The van der Waals surface area contributed by atoms with Gasteiger partial charge in [-0.05, 0) is 54.2 Å². The molecule has 0 bridgehead atoms. The number of nitrogens with zero attached hydrogens (tertiary/aromatic N) is 1. The van der Waals surface area contributed by atoms with E-state index >= 15 is 0 Å². The Morgan fingerprint density at radius 2 is 1.82 bits per heavy atom. The third-order valence-electron chi connectivity index (χ3n) is 5.09. The first-order valence-electron chi connectivity index (χ1n) is 9.60. The van der Waals surface area contributed by atoms with Gasteiger partial charge in [-0.15, -0.1) is 11.8 Å². The van der Waals surface area contributed by atoms with Crippen LogP contribution in [0.5, 0.6) is 0 Å². The molecule has 28 heavy (non-hydrogen) atoms. The molecule has 0 unspecified atom stereocenters. The highest BCUT2D eigenvalue weighted by Crippen LogP contribution is 2.32. The van der Waals surface area contributed by atoms with Gasteiger partial charge in [-0.1, -0.05) is 59.7 Å². The third-order valence-corrected chi connectivity index (χ3v) is 6.09. The predicted molar refractivity (Wildman–Crippen MR) is 119 cm³/mol. The molecule has 0 aliphatic heterocycles. The van der Waals surface area contributed by atoms with E-state index < -0.39 is 0 Å². The van der Waals surface area contributed by atoms with Gasteiger partial charge in [0.2, 0.25) is 5.91 Å². The maximum atomic E-state index is 12.1. The van der Waals surface area contributed by atoms with E-state index in [1.165, 1.54) is 38.6 Å². The lowest BCUT2D eigenvalue weighted by Gasteiger charge is -2.06. The molecule has 0 radical (unpaired) electrons.